The minimum atomic E-state index is 0. The number of hydrogen-bond donors (Lipinski definition) is 1. The highest BCUT2D eigenvalue weighted by Gasteiger charge is 2.17. The van der Waals surface area contributed by atoms with E-state index in [1.165, 1.54) is 11.1 Å². The fraction of sp³-hybridized carbons (Fsp3) is 0.250. The molecule has 1 aromatic carbocycles. The van der Waals surface area contributed by atoms with Crippen molar-refractivity contribution in [1.29, 1.82) is 0 Å². The monoisotopic (exact) mass is 189 g/mol. The topological polar surface area (TPSA) is 12.0 Å². The second-order valence-electron chi connectivity index (χ2n) is 2.44. The van der Waals surface area contributed by atoms with E-state index in [1.54, 1.807) is 0 Å². The summed E-state index contributed by atoms with van der Waals surface area (Å²) < 4.78 is 0. The summed E-state index contributed by atoms with van der Waals surface area (Å²) in [6.07, 6.45) is 0. The standard InChI is InChI=1S/C8H8ClN.ClH/c9-8-7-4-2-1-3-6(7)5-10-8;/h1-4,8,10H,5H2;1H. The number of fused-ring (bicyclic) bond motifs is 1. The van der Waals surface area contributed by atoms with Gasteiger partial charge in [0.1, 0.15) is 5.50 Å². The smallest absolute Gasteiger partial charge is 0.109 e. The Labute approximate surface area is 77.2 Å². The van der Waals surface area contributed by atoms with E-state index in [1.807, 2.05) is 12.1 Å². The van der Waals surface area contributed by atoms with E-state index in [0.717, 1.165) is 6.54 Å². The molecular formula is C8H9Cl2N. The maximum absolute atomic E-state index is 5.93. The van der Waals surface area contributed by atoms with E-state index in [2.05, 4.69) is 17.4 Å². The fourth-order valence-corrected chi connectivity index (χ4v) is 1.54. The zero-order chi connectivity index (χ0) is 6.97. The molecule has 3 heteroatoms. The SMILES string of the molecule is Cl.ClC1NCc2ccccc21. The van der Waals surface area contributed by atoms with Crippen LogP contribution in [0.3, 0.4) is 0 Å². The fourth-order valence-electron chi connectivity index (χ4n) is 1.25. The van der Waals surface area contributed by atoms with Crippen LogP contribution in [0.5, 0.6) is 0 Å². The number of alkyl halides is 1. The molecule has 1 atom stereocenters. The number of rotatable bonds is 0. The van der Waals surface area contributed by atoms with Gasteiger partial charge in [-0.15, -0.1) is 24.0 Å². The average molecular weight is 190 g/mol. The van der Waals surface area contributed by atoms with Crippen molar-refractivity contribution in [2.45, 2.75) is 12.0 Å². The van der Waals surface area contributed by atoms with E-state index in [9.17, 15) is 0 Å². The molecule has 0 spiro atoms. The van der Waals surface area contributed by atoms with E-state index < -0.39 is 0 Å². The van der Waals surface area contributed by atoms with E-state index in [-0.39, 0.29) is 17.9 Å². The molecule has 2 rings (SSSR count). The molecule has 1 heterocycles. The summed E-state index contributed by atoms with van der Waals surface area (Å²) in [4.78, 5) is 0. The highest BCUT2D eigenvalue weighted by molar-refractivity contribution is 6.20. The molecule has 1 N–H and O–H groups in total. The molecule has 0 aliphatic carbocycles. The molecule has 0 saturated carbocycles. The van der Waals surface area contributed by atoms with E-state index in [4.69, 9.17) is 11.6 Å². The number of halogens is 2. The second-order valence-corrected chi connectivity index (χ2v) is 2.88. The van der Waals surface area contributed by atoms with Crippen molar-refractivity contribution in [1.82, 2.24) is 5.32 Å². The van der Waals surface area contributed by atoms with E-state index in [0.29, 0.717) is 0 Å². The summed E-state index contributed by atoms with van der Waals surface area (Å²) >= 11 is 5.93. The van der Waals surface area contributed by atoms with Crippen molar-refractivity contribution in [2.24, 2.45) is 0 Å². The Balaban J connectivity index is 0.000000605. The molecule has 0 radical (unpaired) electrons. The van der Waals surface area contributed by atoms with Crippen LogP contribution < -0.4 is 5.32 Å². The van der Waals surface area contributed by atoms with Crippen molar-refractivity contribution < 1.29 is 0 Å². The van der Waals surface area contributed by atoms with Gasteiger partial charge in [-0.25, -0.2) is 0 Å². The summed E-state index contributed by atoms with van der Waals surface area (Å²) in [5.74, 6) is 0. The third-order valence-electron chi connectivity index (χ3n) is 1.80. The second kappa shape index (κ2) is 3.44. The van der Waals surface area contributed by atoms with Crippen LogP contribution in [0, 0.1) is 0 Å². The first kappa shape index (κ1) is 8.85. The van der Waals surface area contributed by atoms with Gasteiger partial charge in [0.2, 0.25) is 0 Å². The first-order valence-corrected chi connectivity index (χ1v) is 3.77. The third-order valence-corrected chi connectivity index (χ3v) is 2.19. The van der Waals surface area contributed by atoms with Crippen LogP contribution in [0.25, 0.3) is 0 Å². The summed E-state index contributed by atoms with van der Waals surface area (Å²) in [5, 5.41) is 3.15. The van der Waals surface area contributed by atoms with Gasteiger partial charge in [0.05, 0.1) is 0 Å². The highest BCUT2D eigenvalue weighted by atomic mass is 35.5. The Morgan fingerprint density at radius 1 is 1.36 bits per heavy atom. The Kier molecular flexibility index (Phi) is 2.77. The van der Waals surface area contributed by atoms with Crippen LogP contribution in [0.15, 0.2) is 24.3 Å². The molecule has 1 aromatic rings. The van der Waals surface area contributed by atoms with Gasteiger partial charge >= 0.3 is 0 Å². The van der Waals surface area contributed by atoms with Crippen molar-refractivity contribution in [2.75, 3.05) is 0 Å². The average Bonchev–Trinajstić information content (AvgIpc) is 2.34. The third kappa shape index (κ3) is 1.51. The Morgan fingerprint density at radius 2 is 2.09 bits per heavy atom. The molecule has 0 bridgehead atoms. The molecule has 60 valence electrons. The predicted molar refractivity (Wildman–Crippen MR) is 49.1 cm³/mol. The molecule has 0 saturated heterocycles. The van der Waals surface area contributed by atoms with Crippen LogP contribution in [-0.2, 0) is 6.54 Å². The Bertz CT molecular complexity index is 250. The molecule has 1 aliphatic rings. The van der Waals surface area contributed by atoms with Gasteiger partial charge in [-0.1, -0.05) is 24.3 Å². The van der Waals surface area contributed by atoms with Crippen molar-refractivity contribution in [3.63, 3.8) is 0 Å². The Morgan fingerprint density at radius 3 is 2.82 bits per heavy atom. The van der Waals surface area contributed by atoms with Gasteiger partial charge in [-0.2, -0.15) is 0 Å². The van der Waals surface area contributed by atoms with Gasteiger partial charge in [0.25, 0.3) is 0 Å². The largest absolute Gasteiger partial charge is 0.293 e. The molecular weight excluding hydrogens is 181 g/mol. The van der Waals surface area contributed by atoms with Gasteiger partial charge < -0.3 is 0 Å². The van der Waals surface area contributed by atoms with Gasteiger partial charge in [-0.3, -0.25) is 5.32 Å². The van der Waals surface area contributed by atoms with Crippen LogP contribution in [-0.4, -0.2) is 0 Å². The number of hydrogen-bond acceptors (Lipinski definition) is 1. The maximum atomic E-state index is 5.93. The molecule has 1 aliphatic heterocycles. The summed E-state index contributed by atoms with van der Waals surface area (Å²) in [6.45, 7) is 0.907. The first-order valence-electron chi connectivity index (χ1n) is 3.33. The molecule has 11 heavy (non-hydrogen) atoms. The predicted octanol–water partition coefficient (Wildman–Crippen LogP) is 2.45. The number of benzene rings is 1. The minimum Gasteiger partial charge on any atom is -0.293 e. The van der Waals surface area contributed by atoms with Crippen LogP contribution in [0.4, 0.5) is 0 Å². The van der Waals surface area contributed by atoms with Crippen LogP contribution in [0.2, 0.25) is 0 Å². The summed E-state index contributed by atoms with van der Waals surface area (Å²) in [5.41, 5.74) is 2.57. The molecule has 1 nitrogen and oxygen atoms in total. The lowest BCUT2D eigenvalue weighted by molar-refractivity contribution is 0.739. The van der Waals surface area contributed by atoms with Crippen molar-refractivity contribution in [3.8, 4) is 0 Å². The zero-order valence-electron chi connectivity index (χ0n) is 5.88. The normalized spacial score (nSPS) is 20.6. The lowest BCUT2D eigenvalue weighted by Crippen LogP contribution is -2.04. The molecule has 0 aromatic heterocycles. The summed E-state index contributed by atoms with van der Waals surface area (Å²) in [7, 11) is 0. The maximum Gasteiger partial charge on any atom is 0.109 e. The van der Waals surface area contributed by atoms with Gasteiger partial charge in [0, 0.05) is 6.54 Å². The first-order chi connectivity index (χ1) is 4.88. The van der Waals surface area contributed by atoms with Gasteiger partial charge in [-0.05, 0) is 11.1 Å². The zero-order valence-corrected chi connectivity index (χ0v) is 7.45. The van der Waals surface area contributed by atoms with Gasteiger partial charge in [0.15, 0.2) is 0 Å². The number of nitrogens with one attached hydrogen (secondary N) is 1. The van der Waals surface area contributed by atoms with Crippen molar-refractivity contribution >= 4 is 24.0 Å². The lowest BCUT2D eigenvalue weighted by Gasteiger charge is -1.99. The van der Waals surface area contributed by atoms with Crippen LogP contribution >= 0.6 is 24.0 Å². The van der Waals surface area contributed by atoms with Crippen molar-refractivity contribution in [3.05, 3.63) is 35.4 Å². The quantitative estimate of drug-likeness (QED) is 0.489. The lowest BCUT2D eigenvalue weighted by atomic mass is 10.1. The van der Waals surface area contributed by atoms with E-state index >= 15 is 0 Å². The van der Waals surface area contributed by atoms with Crippen LogP contribution in [0.1, 0.15) is 16.6 Å². The summed E-state index contributed by atoms with van der Waals surface area (Å²) in [6, 6.07) is 8.22. The molecule has 0 amide bonds. The molecule has 0 fully saturated rings. The Hall–Kier alpha value is -0.240. The minimum absolute atomic E-state index is 0. The highest BCUT2D eigenvalue weighted by Crippen LogP contribution is 2.27. The molecule has 1 unspecified atom stereocenters.